The summed E-state index contributed by atoms with van der Waals surface area (Å²) < 4.78 is 28.6. The van der Waals surface area contributed by atoms with Gasteiger partial charge in [-0.3, -0.25) is 4.90 Å². The summed E-state index contributed by atoms with van der Waals surface area (Å²) in [6, 6.07) is 15.5. The Kier molecular flexibility index (Phi) is 7.25. The second-order valence-corrected chi connectivity index (χ2v) is 11.5. The lowest BCUT2D eigenvalue weighted by atomic mass is 9.74. The first-order valence-electron chi connectivity index (χ1n) is 11.9. The molecule has 0 amide bonds. The van der Waals surface area contributed by atoms with Gasteiger partial charge in [-0.15, -0.1) is 0 Å². The quantitative estimate of drug-likeness (QED) is 0.700. The van der Waals surface area contributed by atoms with Crippen molar-refractivity contribution in [2.75, 3.05) is 26.2 Å². The number of hydrogen-bond acceptors (Lipinski definition) is 4. The molecule has 3 atom stereocenters. The number of benzene rings is 2. The molecule has 2 aliphatic rings. The minimum atomic E-state index is -3.57. The van der Waals surface area contributed by atoms with E-state index in [2.05, 4.69) is 42.7 Å². The van der Waals surface area contributed by atoms with Gasteiger partial charge in [-0.05, 0) is 61.7 Å². The molecule has 2 saturated heterocycles. The number of aliphatic hydroxyl groups excluding tert-OH is 1. The fraction of sp³-hybridized carbons (Fsp3) is 0.481. The van der Waals surface area contributed by atoms with E-state index < -0.39 is 10.0 Å². The molecule has 176 valence electrons. The second kappa shape index (κ2) is 9.99. The van der Waals surface area contributed by atoms with Gasteiger partial charge in [0.2, 0.25) is 10.0 Å². The lowest BCUT2D eigenvalue weighted by Gasteiger charge is -2.57. The molecule has 0 aliphatic carbocycles. The predicted molar refractivity (Wildman–Crippen MR) is 131 cm³/mol. The predicted octanol–water partition coefficient (Wildman–Crippen LogP) is 3.62. The van der Waals surface area contributed by atoms with Crippen LogP contribution >= 0.6 is 0 Å². The molecule has 0 unspecified atom stereocenters. The third-order valence-corrected chi connectivity index (χ3v) is 8.62. The van der Waals surface area contributed by atoms with Gasteiger partial charge in [-0.1, -0.05) is 50.0 Å². The lowest BCUT2D eigenvalue weighted by Crippen LogP contribution is -2.67. The van der Waals surface area contributed by atoms with E-state index in [0.29, 0.717) is 23.9 Å². The third kappa shape index (κ3) is 5.02. The Balaban J connectivity index is 1.61. The summed E-state index contributed by atoms with van der Waals surface area (Å²) in [5.74, 6) is 6.80. The highest BCUT2D eigenvalue weighted by molar-refractivity contribution is 7.89. The summed E-state index contributed by atoms with van der Waals surface area (Å²) in [6.07, 6.45) is 1.74. The smallest absolute Gasteiger partial charge is 0.243 e. The van der Waals surface area contributed by atoms with Crippen molar-refractivity contribution in [1.82, 2.24) is 9.21 Å². The molecular weight excluding hydrogens is 432 g/mol. The molecule has 0 saturated carbocycles. The van der Waals surface area contributed by atoms with Crippen LogP contribution in [0.1, 0.15) is 49.3 Å². The number of aliphatic hydroxyl groups is 1. The largest absolute Gasteiger partial charge is 0.395 e. The van der Waals surface area contributed by atoms with Crippen LogP contribution in [0.15, 0.2) is 53.4 Å². The minimum absolute atomic E-state index is 0.0178. The molecule has 4 rings (SSSR count). The van der Waals surface area contributed by atoms with Gasteiger partial charge in [-0.2, -0.15) is 4.31 Å². The Labute approximate surface area is 198 Å². The van der Waals surface area contributed by atoms with Crippen LogP contribution < -0.4 is 0 Å². The van der Waals surface area contributed by atoms with E-state index in [1.54, 1.807) is 22.5 Å². The standard InChI is InChI=1S/C27H34N2O3S/c1-20(2)9-10-22-11-13-23(14-12-22)27-25-18-28(15-4-5-16-29(25)26(27)19-30)33(31,32)24-8-6-7-21(3)17-24/h6-8,11-14,17,20,25-27,30H,4-5,15-16,18-19H2,1-3H3/t25-,26+,27+/m0/s1. The highest BCUT2D eigenvalue weighted by Gasteiger charge is 2.50. The molecule has 2 aromatic rings. The van der Waals surface area contributed by atoms with Gasteiger partial charge in [-0.25, -0.2) is 8.42 Å². The van der Waals surface area contributed by atoms with Crippen molar-refractivity contribution in [3.05, 3.63) is 65.2 Å². The first-order chi connectivity index (χ1) is 15.8. The monoisotopic (exact) mass is 466 g/mol. The first kappa shape index (κ1) is 24.0. The average molecular weight is 467 g/mol. The van der Waals surface area contributed by atoms with E-state index >= 15 is 0 Å². The minimum Gasteiger partial charge on any atom is -0.395 e. The summed E-state index contributed by atoms with van der Waals surface area (Å²) in [5.41, 5.74) is 3.05. The molecule has 2 aliphatic heterocycles. The number of aryl methyl sites for hydroxylation is 1. The topological polar surface area (TPSA) is 60.9 Å². The third-order valence-electron chi connectivity index (χ3n) is 6.76. The van der Waals surface area contributed by atoms with Crippen molar-refractivity contribution in [2.24, 2.45) is 5.92 Å². The van der Waals surface area contributed by atoms with Crippen molar-refractivity contribution in [1.29, 1.82) is 0 Å². The SMILES string of the molecule is Cc1cccc(S(=O)(=O)N2CCCCN3[C@H](CO)[C@H](c4ccc(C#CC(C)C)cc4)[C@@H]3C2)c1. The summed E-state index contributed by atoms with van der Waals surface area (Å²) in [6.45, 7) is 7.98. The maximum atomic E-state index is 13.5. The Morgan fingerprint density at radius 1 is 1.09 bits per heavy atom. The molecule has 6 heteroatoms. The van der Waals surface area contributed by atoms with Crippen LogP contribution in [0.5, 0.6) is 0 Å². The van der Waals surface area contributed by atoms with Crippen LogP contribution in [0.3, 0.4) is 0 Å². The fourth-order valence-electron chi connectivity index (χ4n) is 5.07. The van der Waals surface area contributed by atoms with E-state index in [0.717, 1.165) is 36.1 Å². The number of hydrogen-bond donors (Lipinski definition) is 1. The van der Waals surface area contributed by atoms with Crippen LogP contribution in [-0.2, 0) is 10.0 Å². The zero-order valence-electron chi connectivity index (χ0n) is 19.7. The molecule has 2 heterocycles. The van der Waals surface area contributed by atoms with E-state index in [-0.39, 0.29) is 24.6 Å². The van der Waals surface area contributed by atoms with Gasteiger partial charge >= 0.3 is 0 Å². The fourth-order valence-corrected chi connectivity index (χ4v) is 6.67. The molecule has 33 heavy (non-hydrogen) atoms. The highest BCUT2D eigenvalue weighted by Crippen LogP contribution is 2.42. The van der Waals surface area contributed by atoms with E-state index in [1.807, 2.05) is 25.1 Å². The lowest BCUT2D eigenvalue weighted by molar-refractivity contribution is -0.0553. The second-order valence-electron chi connectivity index (χ2n) is 9.51. The van der Waals surface area contributed by atoms with Crippen LogP contribution in [0.2, 0.25) is 0 Å². The Hall–Kier alpha value is -2.17. The van der Waals surface area contributed by atoms with Gasteiger partial charge in [0.1, 0.15) is 0 Å². The molecule has 0 bridgehead atoms. The van der Waals surface area contributed by atoms with Crippen LogP contribution in [0.4, 0.5) is 0 Å². The molecule has 5 nitrogen and oxygen atoms in total. The van der Waals surface area contributed by atoms with Gasteiger partial charge in [0.15, 0.2) is 0 Å². The van der Waals surface area contributed by atoms with Gasteiger partial charge in [0.25, 0.3) is 0 Å². The molecule has 2 fully saturated rings. The Morgan fingerprint density at radius 3 is 2.48 bits per heavy atom. The Morgan fingerprint density at radius 2 is 1.82 bits per heavy atom. The number of fused-ring (bicyclic) bond motifs is 1. The van der Waals surface area contributed by atoms with Crippen LogP contribution in [0.25, 0.3) is 0 Å². The van der Waals surface area contributed by atoms with Crippen molar-refractivity contribution < 1.29 is 13.5 Å². The summed E-state index contributed by atoms with van der Waals surface area (Å²) in [7, 11) is -3.57. The zero-order chi connectivity index (χ0) is 23.6. The summed E-state index contributed by atoms with van der Waals surface area (Å²) in [4.78, 5) is 2.66. The molecule has 0 radical (unpaired) electrons. The summed E-state index contributed by atoms with van der Waals surface area (Å²) >= 11 is 0. The van der Waals surface area contributed by atoms with Crippen molar-refractivity contribution >= 4 is 10.0 Å². The van der Waals surface area contributed by atoms with Crippen LogP contribution in [-0.4, -0.2) is 61.1 Å². The molecule has 1 N–H and O–H groups in total. The number of nitrogens with zero attached hydrogens (tertiary/aromatic N) is 2. The van der Waals surface area contributed by atoms with E-state index in [4.69, 9.17) is 0 Å². The van der Waals surface area contributed by atoms with Crippen molar-refractivity contribution in [2.45, 2.75) is 56.5 Å². The first-order valence-corrected chi connectivity index (χ1v) is 13.3. The van der Waals surface area contributed by atoms with Crippen molar-refractivity contribution in [3.63, 3.8) is 0 Å². The van der Waals surface area contributed by atoms with Gasteiger partial charge < -0.3 is 5.11 Å². The Bertz CT molecular complexity index is 1130. The molecule has 0 spiro atoms. The normalized spacial score (nSPS) is 24.2. The molecule has 2 aromatic carbocycles. The summed E-state index contributed by atoms with van der Waals surface area (Å²) in [5, 5.41) is 10.2. The molecule has 0 aromatic heterocycles. The maximum Gasteiger partial charge on any atom is 0.243 e. The van der Waals surface area contributed by atoms with Gasteiger partial charge in [0.05, 0.1) is 11.5 Å². The zero-order valence-corrected chi connectivity index (χ0v) is 20.6. The highest BCUT2D eigenvalue weighted by atomic mass is 32.2. The molecular formula is C27H34N2O3S. The maximum absolute atomic E-state index is 13.5. The number of rotatable bonds is 4. The van der Waals surface area contributed by atoms with Gasteiger partial charge in [0, 0.05) is 42.6 Å². The van der Waals surface area contributed by atoms with Crippen molar-refractivity contribution in [3.8, 4) is 11.8 Å². The average Bonchev–Trinajstić information content (AvgIpc) is 2.77. The van der Waals surface area contributed by atoms with E-state index in [9.17, 15) is 13.5 Å². The number of sulfonamides is 1. The van der Waals surface area contributed by atoms with E-state index in [1.165, 1.54) is 0 Å². The van der Waals surface area contributed by atoms with Crippen LogP contribution in [0, 0.1) is 24.7 Å².